The number of aryl methyl sites for hydroxylation is 1. The smallest absolute Gasteiger partial charge is 0.261 e. The number of carbonyl (C=O) groups is 2. The van der Waals surface area contributed by atoms with Crippen molar-refractivity contribution in [2.75, 3.05) is 6.61 Å². The highest BCUT2D eigenvalue weighted by Gasteiger charge is 2.29. The summed E-state index contributed by atoms with van der Waals surface area (Å²) in [6.45, 7) is 7.98. The molecule has 6 heteroatoms. The zero-order chi connectivity index (χ0) is 22.1. The van der Waals surface area contributed by atoms with E-state index in [2.05, 4.69) is 5.32 Å². The molecule has 0 aliphatic heterocycles. The maximum Gasteiger partial charge on any atom is 0.261 e. The third kappa shape index (κ3) is 6.77. The zero-order valence-corrected chi connectivity index (χ0v) is 18.9. The van der Waals surface area contributed by atoms with Crippen molar-refractivity contribution in [1.29, 1.82) is 0 Å². The lowest BCUT2D eigenvalue weighted by molar-refractivity contribution is -0.143. The van der Waals surface area contributed by atoms with Crippen LogP contribution in [0.3, 0.4) is 0 Å². The Morgan fingerprint density at radius 1 is 1.07 bits per heavy atom. The minimum atomic E-state index is -0.581. The number of hydrogen-bond acceptors (Lipinski definition) is 3. The van der Waals surface area contributed by atoms with E-state index >= 15 is 0 Å². The Hall–Kier alpha value is -2.53. The number of benzene rings is 2. The molecule has 0 heterocycles. The van der Waals surface area contributed by atoms with Crippen LogP contribution in [0, 0.1) is 6.92 Å². The molecule has 2 amide bonds. The second-order valence-electron chi connectivity index (χ2n) is 7.44. The predicted molar refractivity (Wildman–Crippen MR) is 121 cm³/mol. The van der Waals surface area contributed by atoms with Gasteiger partial charge in [-0.3, -0.25) is 9.59 Å². The summed E-state index contributed by atoms with van der Waals surface area (Å²) in [7, 11) is 0. The third-order valence-corrected chi connectivity index (χ3v) is 5.35. The lowest BCUT2D eigenvalue weighted by Crippen LogP contribution is -2.51. The first-order valence-corrected chi connectivity index (χ1v) is 10.8. The molecule has 0 radical (unpaired) electrons. The topological polar surface area (TPSA) is 58.6 Å². The Morgan fingerprint density at radius 3 is 2.33 bits per heavy atom. The first-order valence-electron chi connectivity index (χ1n) is 10.4. The number of nitrogens with zero attached hydrogens (tertiary/aromatic N) is 1. The number of nitrogens with one attached hydrogen (secondary N) is 1. The highest BCUT2D eigenvalue weighted by atomic mass is 35.5. The lowest BCUT2D eigenvalue weighted by Gasteiger charge is -2.31. The molecule has 0 aliphatic carbocycles. The second-order valence-corrected chi connectivity index (χ2v) is 7.88. The fourth-order valence-electron chi connectivity index (χ4n) is 3.09. The Morgan fingerprint density at radius 2 is 1.73 bits per heavy atom. The van der Waals surface area contributed by atoms with Gasteiger partial charge in [-0.25, -0.2) is 0 Å². The van der Waals surface area contributed by atoms with Gasteiger partial charge >= 0.3 is 0 Å². The molecular formula is C24H31ClN2O3. The van der Waals surface area contributed by atoms with E-state index < -0.39 is 6.04 Å². The van der Waals surface area contributed by atoms with Crippen LogP contribution in [0.25, 0.3) is 0 Å². The molecule has 2 rings (SSSR count). The van der Waals surface area contributed by atoms with Gasteiger partial charge in [-0.2, -0.15) is 0 Å². The molecule has 0 fully saturated rings. The third-order valence-electron chi connectivity index (χ3n) is 5.10. The monoisotopic (exact) mass is 430 g/mol. The largest absolute Gasteiger partial charge is 0.484 e. The van der Waals surface area contributed by atoms with Crippen molar-refractivity contribution in [1.82, 2.24) is 10.2 Å². The second kappa shape index (κ2) is 11.6. The minimum absolute atomic E-state index is 0.0438. The number of para-hydroxylation sites is 1. The van der Waals surface area contributed by atoms with Crippen molar-refractivity contribution in [2.24, 2.45) is 0 Å². The van der Waals surface area contributed by atoms with E-state index in [4.69, 9.17) is 16.3 Å². The molecule has 0 saturated heterocycles. The van der Waals surface area contributed by atoms with Gasteiger partial charge in [0.25, 0.3) is 5.91 Å². The Bertz CT molecular complexity index is 839. The molecule has 5 nitrogen and oxygen atoms in total. The van der Waals surface area contributed by atoms with E-state index in [1.54, 1.807) is 17.0 Å². The predicted octanol–water partition coefficient (Wildman–Crippen LogP) is 4.75. The molecule has 0 spiro atoms. The summed E-state index contributed by atoms with van der Waals surface area (Å²) in [5, 5.41) is 3.62. The van der Waals surface area contributed by atoms with Crippen LogP contribution < -0.4 is 10.1 Å². The molecular weight excluding hydrogens is 400 g/mol. The van der Waals surface area contributed by atoms with Gasteiger partial charge in [0.15, 0.2) is 6.61 Å². The summed E-state index contributed by atoms with van der Waals surface area (Å²) >= 11 is 5.99. The van der Waals surface area contributed by atoms with Gasteiger partial charge in [-0.15, -0.1) is 0 Å². The van der Waals surface area contributed by atoms with Gasteiger partial charge in [-0.1, -0.05) is 55.8 Å². The maximum absolute atomic E-state index is 13.2. The molecule has 0 saturated carbocycles. The van der Waals surface area contributed by atoms with Crippen molar-refractivity contribution >= 4 is 23.4 Å². The van der Waals surface area contributed by atoms with Crippen molar-refractivity contribution in [3.63, 3.8) is 0 Å². The molecule has 2 aromatic carbocycles. The van der Waals surface area contributed by atoms with Crippen molar-refractivity contribution < 1.29 is 14.3 Å². The van der Waals surface area contributed by atoms with Gasteiger partial charge in [-0.05, 0) is 56.0 Å². The summed E-state index contributed by atoms with van der Waals surface area (Å²) in [6.07, 6.45) is 1.33. The van der Waals surface area contributed by atoms with E-state index in [1.165, 1.54) is 0 Å². The number of ether oxygens (including phenoxy) is 1. The average Bonchev–Trinajstić information content (AvgIpc) is 2.74. The van der Waals surface area contributed by atoms with E-state index in [1.807, 2.05) is 64.1 Å². The van der Waals surface area contributed by atoms with Crippen LogP contribution in [0.2, 0.25) is 5.02 Å². The summed E-state index contributed by atoms with van der Waals surface area (Å²) < 4.78 is 5.77. The number of carbonyl (C=O) groups excluding carboxylic acids is 2. The Labute approximate surface area is 184 Å². The molecule has 0 aromatic heterocycles. The van der Waals surface area contributed by atoms with Crippen LogP contribution in [0.5, 0.6) is 5.75 Å². The molecule has 2 atom stereocenters. The highest BCUT2D eigenvalue weighted by Crippen LogP contribution is 2.18. The summed E-state index contributed by atoms with van der Waals surface area (Å²) in [6, 6.07) is 14.3. The number of halogens is 1. The molecule has 0 aliphatic rings. The first kappa shape index (κ1) is 23.7. The van der Waals surface area contributed by atoms with Crippen LogP contribution in [0.4, 0.5) is 0 Å². The normalized spacial score (nSPS) is 12.7. The number of rotatable bonds is 10. The van der Waals surface area contributed by atoms with Crippen LogP contribution in [-0.4, -0.2) is 35.4 Å². The van der Waals surface area contributed by atoms with Gasteiger partial charge in [0.1, 0.15) is 11.8 Å². The quantitative estimate of drug-likeness (QED) is 0.591. The standard InChI is InChI=1S/C24H31ClN2O3/c1-5-18(4)26-24(29)21(6-2)27(15-19-11-13-20(25)14-12-19)23(28)16-30-22-10-8-7-9-17(22)3/h7-14,18,21H,5-6,15-16H2,1-4H3,(H,26,29)/t18-,21+/m1/s1. The highest BCUT2D eigenvalue weighted by molar-refractivity contribution is 6.30. The first-order chi connectivity index (χ1) is 14.3. The van der Waals surface area contributed by atoms with Crippen molar-refractivity contribution in [2.45, 2.75) is 59.2 Å². The van der Waals surface area contributed by atoms with E-state index in [0.717, 1.165) is 17.5 Å². The van der Waals surface area contributed by atoms with Crippen LogP contribution in [-0.2, 0) is 16.1 Å². The molecule has 0 bridgehead atoms. The minimum Gasteiger partial charge on any atom is -0.484 e. The van der Waals surface area contributed by atoms with E-state index in [0.29, 0.717) is 23.7 Å². The fraction of sp³-hybridized carbons (Fsp3) is 0.417. The number of hydrogen-bond donors (Lipinski definition) is 1. The molecule has 162 valence electrons. The molecule has 1 N–H and O–H groups in total. The fourth-order valence-corrected chi connectivity index (χ4v) is 3.21. The summed E-state index contributed by atoms with van der Waals surface area (Å²) in [5.41, 5.74) is 1.86. The molecule has 0 unspecified atom stereocenters. The maximum atomic E-state index is 13.2. The van der Waals surface area contributed by atoms with Crippen molar-refractivity contribution in [3.05, 3.63) is 64.7 Å². The van der Waals surface area contributed by atoms with Gasteiger partial charge in [0, 0.05) is 17.6 Å². The van der Waals surface area contributed by atoms with Gasteiger partial charge in [0.2, 0.25) is 5.91 Å². The van der Waals surface area contributed by atoms with Gasteiger partial charge in [0.05, 0.1) is 0 Å². The lowest BCUT2D eigenvalue weighted by atomic mass is 10.1. The van der Waals surface area contributed by atoms with Crippen LogP contribution >= 0.6 is 11.6 Å². The van der Waals surface area contributed by atoms with E-state index in [-0.39, 0.29) is 24.5 Å². The molecule has 2 aromatic rings. The van der Waals surface area contributed by atoms with Crippen molar-refractivity contribution in [3.8, 4) is 5.75 Å². The van der Waals surface area contributed by atoms with E-state index in [9.17, 15) is 9.59 Å². The van der Waals surface area contributed by atoms with Crippen LogP contribution in [0.15, 0.2) is 48.5 Å². The summed E-state index contributed by atoms with van der Waals surface area (Å²) in [4.78, 5) is 27.6. The molecule has 30 heavy (non-hydrogen) atoms. The van der Waals surface area contributed by atoms with Gasteiger partial charge < -0.3 is 15.0 Å². The Balaban J connectivity index is 2.21. The SMILES string of the molecule is CC[C@@H](C)NC(=O)[C@H](CC)N(Cc1ccc(Cl)cc1)C(=O)COc1ccccc1C. The van der Waals surface area contributed by atoms with Crippen LogP contribution in [0.1, 0.15) is 44.7 Å². The number of amides is 2. The average molecular weight is 431 g/mol. The Kier molecular flexibility index (Phi) is 9.18. The zero-order valence-electron chi connectivity index (χ0n) is 18.2. The summed E-state index contributed by atoms with van der Waals surface area (Å²) in [5.74, 6) is 0.277.